The zero-order valence-corrected chi connectivity index (χ0v) is 14.0. The van der Waals surface area contributed by atoms with Gasteiger partial charge >= 0.3 is 0 Å². The number of benzene rings is 1. The van der Waals surface area contributed by atoms with Crippen molar-refractivity contribution < 1.29 is 9.47 Å². The van der Waals surface area contributed by atoms with Crippen LogP contribution in [0.4, 0.5) is 0 Å². The van der Waals surface area contributed by atoms with E-state index in [1.54, 1.807) is 14.2 Å². The second kappa shape index (κ2) is 11.8. The molecule has 1 aromatic rings. The predicted molar refractivity (Wildman–Crippen MR) is 89.6 cm³/mol. The predicted octanol–water partition coefficient (Wildman–Crippen LogP) is 5.53. The maximum atomic E-state index is 5.50. The van der Waals surface area contributed by atoms with Crippen molar-refractivity contribution in [1.29, 1.82) is 0 Å². The highest BCUT2D eigenvalue weighted by Crippen LogP contribution is 2.28. The Balaban J connectivity index is 2.40. The molecule has 2 heteroatoms. The van der Waals surface area contributed by atoms with Gasteiger partial charge in [0.05, 0.1) is 0 Å². The summed E-state index contributed by atoms with van der Waals surface area (Å²) in [5.74, 6) is 0.330. The van der Waals surface area contributed by atoms with Gasteiger partial charge in [0.25, 0.3) is 0 Å². The number of methoxy groups -OCH3 is 2. The molecule has 120 valence electrons. The highest BCUT2D eigenvalue weighted by molar-refractivity contribution is 5.20. The van der Waals surface area contributed by atoms with Gasteiger partial charge in [-0.3, -0.25) is 0 Å². The molecule has 1 unspecified atom stereocenters. The number of hydrogen-bond acceptors (Lipinski definition) is 2. The molecule has 0 radical (unpaired) electrons. The SMILES string of the molecule is CCCCCCCCCC(c1ccccc1)C(OC)OC. The van der Waals surface area contributed by atoms with Crippen LogP contribution in [-0.2, 0) is 9.47 Å². The van der Waals surface area contributed by atoms with Gasteiger partial charge in [-0.15, -0.1) is 0 Å². The summed E-state index contributed by atoms with van der Waals surface area (Å²) in [7, 11) is 3.46. The standard InChI is InChI=1S/C19H32O2/c1-4-5-6-7-8-9-13-16-18(19(20-2)21-3)17-14-11-10-12-15-17/h10-12,14-15,18-19H,4-9,13,16H2,1-3H3. The molecule has 1 atom stereocenters. The van der Waals surface area contributed by atoms with E-state index < -0.39 is 0 Å². The molecule has 0 aromatic heterocycles. The molecule has 0 heterocycles. The third-order valence-electron chi connectivity index (χ3n) is 4.14. The van der Waals surface area contributed by atoms with Crippen molar-refractivity contribution in [2.24, 2.45) is 0 Å². The van der Waals surface area contributed by atoms with Crippen LogP contribution in [0.25, 0.3) is 0 Å². The Morgan fingerprint density at radius 2 is 1.38 bits per heavy atom. The number of ether oxygens (including phenoxy) is 2. The van der Waals surface area contributed by atoms with Crippen LogP contribution in [0.5, 0.6) is 0 Å². The number of rotatable bonds is 12. The van der Waals surface area contributed by atoms with Gasteiger partial charge < -0.3 is 9.47 Å². The number of hydrogen-bond donors (Lipinski definition) is 0. The van der Waals surface area contributed by atoms with Gasteiger partial charge in [0.15, 0.2) is 6.29 Å². The zero-order chi connectivity index (χ0) is 15.3. The monoisotopic (exact) mass is 292 g/mol. The largest absolute Gasteiger partial charge is 0.355 e. The minimum atomic E-state index is -0.146. The lowest BCUT2D eigenvalue weighted by Crippen LogP contribution is -2.23. The van der Waals surface area contributed by atoms with E-state index in [1.165, 1.54) is 50.5 Å². The molecular formula is C19H32O2. The molecule has 0 aliphatic carbocycles. The fourth-order valence-corrected chi connectivity index (χ4v) is 2.91. The van der Waals surface area contributed by atoms with E-state index in [2.05, 4.69) is 37.3 Å². The van der Waals surface area contributed by atoms with Crippen LogP contribution in [0.2, 0.25) is 0 Å². The van der Waals surface area contributed by atoms with Gasteiger partial charge in [-0.1, -0.05) is 82.2 Å². The third-order valence-corrected chi connectivity index (χ3v) is 4.14. The molecule has 0 saturated heterocycles. The van der Waals surface area contributed by atoms with Crippen molar-refractivity contribution in [2.45, 2.75) is 70.5 Å². The summed E-state index contributed by atoms with van der Waals surface area (Å²) in [6, 6.07) is 10.6. The van der Waals surface area contributed by atoms with Gasteiger partial charge in [-0.05, 0) is 12.0 Å². The Bertz CT molecular complexity index is 333. The molecular weight excluding hydrogens is 260 g/mol. The Morgan fingerprint density at radius 1 is 0.810 bits per heavy atom. The van der Waals surface area contributed by atoms with Crippen LogP contribution in [0.3, 0.4) is 0 Å². The first-order chi connectivity index (χ1) is 10.3. The van der Waals surface area contributed by atoms with Crippen LogP contribution < -0.4 is 0 Å². The van der Waals surface area contributed by atoms with Gasteiger partial charge in [0.1, 0.15) is 0 Å². The molecule has 0 saturated carbocycles. The lowest BCUT2D eigenvalue weighted by molar-refractivity contribution is -0.119. The summed E-state index contributed by atoms with van der Waals surface area (Å²) < 4.78 is 11.0. The first-order valence-corrected chi connectivity index (χ1v) is 8.44. The average Bonchev–Trinajstić information content (AvgIpc) is 2.54. The molecule has 21 heavy (non-hydrogen) atoms. The minimum absolute atomic E-state index is 0.146. The van der Waals surface area contributed by atoms with E-state index in [0.717, 1.165) is 6.42 Å². The molecule has 0 N–H and O–H groups in total. The van der Waals surface area contributed by atoms with Crippen molar-refractivity contribution in [3.8, 4) is 0 Å². The van der Waals surface area contributed by atoms with Crippen molar-refractivity contribution in [2.75, 3.05) is 14.2 Å². The summed E-state index contributed by atoms with van der Waals surface area (Å²) >= 11 is 0. The average molecular weight is 292 g/mol. The molecule has 2 nitrogen and oxygen atoms in total. The minimum Gasteiger partial charge on any atom is -0.355 e. The van der Waals surface area contributed by atoms with Gasteiger partial charge in [-0.2, -0.15) is 0 Å². The molecule has 1 aromatic carbocycles. The molecule has 1 rings (SSSR count). The van der Waals surface area contributed by atoms with Crippen molar-refractivity contribution >= 4 is 0 Å². The van der Waals surface area contributed by atoms with E-state index in [-0.39, 0.29) is 6.29 Å². The summed E-state index contributed by atoms with van der Waals surface area (Å²) in [5, 5.41) is 0. The topological polar surface area (TPSA) is 18.5 Å². The van der Waals surface area contributed by atoms with Gasteiger partial charge in [0, 0.05) is 20.1 Å². The lowest BCUT2D eigenvalue weighted by atomic mass is 9.92. The van der Waals surface area contributed by atoms with Crippen LogP contribution in [0.15, 0.2) is 30.3 Å². The Labute approximate surface area is 130 Å². The fraction of sp³-hybridized carbons (Fsp3) is 0.684. The molecule has 0 aliphatic heterocycles. The van der Waals surface area contributed by atoms with Crippen LogP contribution in [0, 0.1) is 0 Å². The third kappa shape index (κ3) is 7.10. The van der Waals surface area contributed by atoms with Crippen LogP contribution in [-0.4, -0.2) is 20.5 Å². The Kier molecular flexibility index (Phi) is 10.2. The van der Waals surface area contributed by atoms with Gasteiger partial charge in [-0.25, -0.2) is 0 Å². The van der Waals surface area contributed by atoms with Crippen LogP contribution in [0.1, 0.15) is 69.8 Å². The van der Waals surface area contributed by atoms with E-state index in [1.807, 2.05) is 0 Å². The van der Waals surface area contributed by atoms with Gasteiger partial charge in [0.2, 0.25) is 0 Å². The summed E-state index contributed by atoms with van der Waals surface area (Å²) in [6.07, 6.45) is 10.4. The normalized spacial score (nSPS) is 12.8. The quantitative estimate of drug-likeness (QED) is 0.372. The van der Waals surface area contributed by atoms with Crippen molar-refractivity contribution in [3.63, 3.8) is 0 Å². The lowest BCUT2D eigenvalue weighted by Gasteiger charge is -2.25. The summed E-state index contributed by atoms with van der Waals surface area (Å²) in [4.78, 5) is 0. The Morgan fingerprint density at radius 3 is 1.95 bits per heavy atom. The van der Waals surface area contributed by atoms with Crippen molar-refractivity contribution in [1.82, 2.24) is 0 Å². The summed E-state index contributed by atoms with van der Waals surface area (Å²) in [6.45, 7) is 2.26. The van der Waals surface area contributed by atoms with Crippen molar-refractivity contribution in [3.05, 3.63) is 35.9 Å². The second-order valence-corrected chi connectivity index (χ2v) is 5.77. The first kappa shape index (κ1) is 18.2. The molecule has 0 fully saturated rings. The maximum absolute atomic E-state index is 5.50. The Hall–Kier alpha value is -0.860. The first-order valence-electron chi connectivity index (χ1n) is 8.44. The molecule has 0 amide bonds. The van der Waals surface area contributed by atoms with E-state index in [9.17, 15) is 0 Å². The molecule has 0 aliphatic rings. The van der Waals surface area contributed by atoms with E-state index >= 15 is 0 Å². The highest BCUT2D eigenvalue weighted by Gasteiger charge is 2.22. The molecule has 0 spiro atoms. The maximum Gasteiger partial charge on any atom is 0.163 e. The van der Waals surface area contributed by atoms with E-state index in [0.29, 0.717) is 5.92 Å². The smallest absolute Gasteiger partial charge is 0.163 e. The summed E-state index contributed by atoms with van der Waals surface area (Å²) in [5.41, 5.74) is 1.32. The second-order valence-electron chi connectivity index (χ2n) is 5.77. The highest BCUT2D eigenvalue weighted by atomic mass is 16.7. The van der Waals surface area contributed by atoms with Crippen LogP contribution >= 0.6 is 0 Å². The van der Waals surface area contributed by atoms with E-state index in [4.69, 9.17) is 9.47 Å². The number of unbranched alkanes of at least 4 members (excludes halogenated alkanes) is 6. The molecule has 0 bridgehead atoms. The zero-order valence-electron chi connectivity index (χ0n) is 14.0. The fourth-order valence-electron chi connectivity index (χ4n) is 2.91.